The predicted octanol–water partition coefficient (Wildman–Crippen LogP) is 2.58. The molecule has 0 radical (unpaired) electrons. The molecule has 0 saturated heterocycles. The summed E-state index contributed by atoms with van der Waals surface area (Å²) in [6.45, 7) is 7.60. The molecule has 2 nitrogen and oxygen atoms in total. The molecule has 0 amide bonds. The maximum Gasteiger partial charge on any atom is 0.116 e. The van der Waals surface area contributed by atoms with Crippen LogP contribution in [0.25, 0.3) is 0 Å². The van der Waals surface area contributed by atoms with Gasteiger partial charge in [-0.2, -0.15) is 0 Å². The minimum atomic E-state index is -0.0203. The van der Waals surface area contributed by atoms with Gasteiger partial charge in [0.1, 0.15) is 5.75 Å². The first-order valence-electron chi connectivity index (χ1n) is 4.73. The number of hydrogen-bond acceptors (Lipinski definition) is 2. The van der Waals surface area contributed by atoms with Gasteiger partial charge in [-0.25, -0.2) is 0 Å². The second-order valence-electron chi connectivity index (χ2n) is 3.62. The van der Waals surface area contributed by atoms with Crippen molar-refractivity contribution in [2.24, 2.45) is 5.73 Å². The molecule has 1 aromatic rings. The van der Waals surface area contributed by atoms with Crippen molar-refractivity contribution in [2.45, 2.75) is 26.3 Å². The molecule has 1 unspecified atom stereocenters. The summed E-state index contributed by atoms with van der Waals surface area (Å²) < 4.78 is 0. The van der Waals surface area contributed by atoms with E-state index in [1.165, 1.54) is 0 Å². The van der Waals surface area contributed by atoms with Gasteiger partial charge in [0.25, 0.3) is 0 Å². The Kier molecular flexibility index (Phi) is 3.31. The lowest BCUT2D eigenvalue weighted by Gasteiger charge is -2.16. The monoisotopic (exact) mass is 191 g/mol. The Morgan fingerprint density at radius 3 is 2.36 bits per heavy atom. The van der Waals surface area contributed by atoms with E-state index in [0.717, 1.165) is 23.1 Å². The van der Waals surface area contributed by atoms with Crippen LogP contribution in [0.2, 0.25) is 0 Å². The largest absolute Gasteiger partial charge is 0.508 e. The number of phenols is 1. The maximum atomic E-state index is 9.37. The van der Waals surface area contributed by atoms with Crippen molar-refractivity contribution < 1.29 is 5.11 Å². The molecule has 14 heavy (non-hydrogen) atoms. The SMILES string of the molecule is C=CCC(N)c1c(C)cc(O)cc1C. The third-order valence-corrected chi connectivity index (χ3v) is 2.37. The highest BCUT2D eigenvalue weighted by Gasteiger charge is 2.11. The quantitative estimate of drug-likeness (QED) is 0.721. The second-order valence-corrected chi connectivity index (χ2v) is 3.62. The highest BCUT2D eigenvalue weighted by molar-refractivity contribution is 5.42. The summed E-state index contributed by atoms with van der Waals surface area (Å²) >= 11 is 0. The molecule has 0 aromatic heterocycles. The Bertz CT molecular complexity index is 321. The average molecular weight is 191 g/mol. The van der Waals surface area contributed by atoms with Crippen LogP contribution < -0.4 is 5.73 Å². The highest BCUT2D eigenvalue weighted by atomic mass is 16.3. The molecule has 0 fully saturated rings. The number of phenolic OH excluding ortho intramolecular Hbond substituents is 1. The van der Waals surface area contributed by atoms with Crippen LogP contribution in [0.1, 0.15) is 29.2 Å². The smallest absolute Gasteiger partial charge is 0.116 e. The van der Waals surface area contributed by atoms with Gasteiger partial charge in [0.15, 0.2) is 0 Å². The Hall–Kier alpha value is -1.28. The van der Waals surface area contributed by atoms with Crippen molar-refractivity contribution in [1.82, 2.24) is 0 Å². The minimum Gasteiger partial charge on any atom is -0.508 e. The zero-order chi connectivity index (χ0) is 10.7. The van der Waals surface area contributed by atoms with E-state index in [1.807, 2.05) is 19.9 Å². The fourth-order valence-electron chi connectivity index (χ4n) is 1.83. The molecule has 1 rings (SSSR count). The van der Waals surface area contributed by atoms with Gasteiger partial charge in [0.2, 0.25) is 0 Å². The fourth-order valence-corrected chi connectivity index (χ4v) is 1.83. The second kappa shape index (κ2) is 4.29. The van der Waals surface area contributed by atoms with E-state index in [0.29, 0.717) is 5.75 Å². The first kappa shape index (κ1) is 10.8. The number of rotatable bonds is 3. The van der Waals surface area contributed by atoms with Gasteiger partial charge in [-0.05, 0) is 49.1 Å². The zero-order valence-corrected chi connectivity index (χ0v) is 8.75. The van der Waals surface area contributed by atoms with Crippen molar-refractivity contribution in [1.29, 1.82) is 0 Å². The molecule has 0 aliphatic rings. The molecule has 0 aliphatic heterocycles. The van der Waals surface area contributed by atoms with Crippen LogP contribution in [0.5, 0.6) is 5.75 Å². The summed E-state index contributed by atoms with van der Waals surface area (Å²) in [7, 11) is 0. The molecule has 0 bridgehead atoms. The van der Waals surface area contributed by atoms with E-state index in [1.54, 1.807) is 12.1 Å². The standard InChI is InChI=1S/C12H17NO/c1-4-5-11(13)12-8(2)6-10(14)7-9(12)3/h4,6-7,11,14H,1,5,13H2,2-3H3. The first-order chi connectivity index (χ1) is 6.56. The van der Waals surface area contributed by atoms with E-state index in [9.17, 15) is 5.11 Å². The number of benzene rings is 1. The Balaban J connectivity index is 3.13. The molecule has 1 atom stereocenters. The van der Waals surface area contributed by atoms with Gasteiger partial charge < -0.3 is 10.8 Å². The van der Waals surface area contributed by atoms with Crippen molar-refractivity contribution in [2.75, 3.05) is 0 Å². The van der Waals surface area contributed by atoms with Gasteiger partial charge in [-0.15, -0.1) is 6.58 Å². The molecule has 76 valence electrons. The molecular formula is C12H17NO. The van der Waals surface area contributed by atoms with E-state index in [4.69, 9.17) is 5.73 Å². The number of nitrogens with two attached hydrogens (primary N) is 1. The van der Waals surface area contributed by atoms with Gasteiger partial charge >= 0.3 is 0 Å². The lowest BCUT2D eigenvalue weighted by molar-refractivity contribution is 0.473. The van der Waals surface area contributed by atoms with E-state index >= 15 is 0 Å². The molecular weight excluding hydrogens is 174 g/mol. The summed E-state index contributed by atoms with van der Waals surface area (Å²) in [6, 6.07) is 3.46. The number of aryl methyl sites for hydroxylation is 2. The Morgan fingerprint density at radius 2 is 1.93 bits per heavy atom. The average Bonchev–Trinajstić information content (AvgIpc) is 2.01. The highest BCUT2D eigenvalue weighted by Crippen LogP contribution is 2.26. The van der Waals surface area contributed by atoms with Crippen molar-refractivity contribution in [3.63, 3.8) is 0 Å². The predicted molar refractivity (Wildman–Crippen MR) is 59.3 cm³/mol. The van der Waals surface area contributed by atoms with Gasteiger partial charge in [-0.3, -0.25) is 0 Å². The van der Waals surface area contributed by atoms with Crippen LogP contribution >= 0.6 is 0 Å². The van der Waals surface area contributed by atoms with Crippen LogP contribution in [-0.4, -0.2) is 5.11 Å². The molecule has 0 heterocycles. The molecule has 1 aromatic carbocycles. The lowest BCUT2D eigenvalue weighted by atomic mass is 9.94. The third-order valence-electron chi connectivity index (χ3n) is 2.37. The molecule has 0 spiro atoms. The number of aromatic hydroxyl groups is 1. The maximum absolute atomic E-state index is 9.37. The molecule has 3 N–H and O–H groups in total. The summed E-state index contributed by atoms with van der Waals surface area (Å²) in [6.07, 6.45) is 2.57. The van der Waals surface area contributed by atoms with Crippen molar-refractivity contribution in [3.8, 4) is 5.75 Å². The van der Waals surface area contributed by atoms with E-state index < -0.39 is 0 Å². The topological polar surface area (TPSA) is 46.2 Å². The summed E-state index contributed by atoms with van der Waals surface area (Å²) in [5, 5.41) is 9.37. The summed E-state index contributed by atoms with van der Waals surface area (Å²) in [5.41, 5.74) is 9.20. The van der Waals surface area contributed by atoms with Crippen LogP contribution in [0.4, 0.5) is 0 Å². The number of hydrogen-bond donors (Lipinski definition) is 2. The lowest BCUT2D eigenvalue weighted by Crippen LogP contribution is -2.12. The molecule has 0 aliphatic carbocycles. The van der Waals surface area contributed by atoms with Gasteiger partial charge in [0, 0.05) is 6.04 Å². The fraction of sp³-hybridized carbons (Fsp3) is 0.333. The summed E-state index contributed by atoms with van der Waals surface area (Å²) in [4.78, 5) is 0. The van der Waals surface area contributed by atoms with Crippen LogP contribution in [0.15, 0.2) is 24.8 Å². The van der Waals surface area contributed by atoms with Crippen molar-refractivity contribution in [3.05, 3.63) is 41.5 Å². The Morgan fingerprint density at radius 1 is 1.43 bits per heavy atom. The van der Waals surface area contributed by atoms with Gasteiger partial charge in [0.05, 0.1) is 0 Å². The van der Waals surface area contributed by atoms with E-state index in [2.05, 4.69) is 6.58 Å². The Labute approximate surface area is 85.1 Å². The normalized spacial score (nSPS) is 12.5. The summed E-state index contributed by atoms with van der Waals surface area (Å²) in [5.74, 6) is 0.301. The molecule has 0 saturated carbocycles. The van der Waals surface area contributed by atoms with E-state index in [-0.39, 0.29) is 6.04 Å². The van der Waals surface area contributed by atoms with Gasteiger partial charge in [-0.1, -0.05) is 6.08 Å². The minimum absolute atomic E-state index is 0.0203. The zero-order valence-electron chi connectivity index (χ0n) is 8.75. The molecule has 2 heteroatoms. The van der Waals surface area contributed by atoms with Crippen molar-refractivity contribution >= 4 is 0 Å². The van der Waals surface area contributed by atoms with Crippen LogP contribution in [0, 0.1) is 13.8 Å². The van der Waals surface area contributed by atoms with Crippen LogP contribution in [-0.2, 0) is 0 Å². The first-order valence-corrected chi connectivity index (χ1v) is 4.73. The van der Waals surface area contributed by atoms with Crippen LogP contribution in [0.3, 0.4) is 0 Å². The third kappa shape index (κ3) is 2.15.